The van der Waals surface area contributed by atoms with Crippen LogP contribution in [0, 0.1) is 0 Å². The molecule has 0 amide bonds. The van der Waals surface area contributed by atoms with Crippen LogP contribution >= 0.6 is 11.3 Å². The van der Waals surface area contributed by atoms with Crippen LogP contribution in [0.15, 0.2) is 30.3 Å². The zero-order valence-corrected chi connectivity index (χ0v) is 14.5. The molecule has 0 spiro atoms. The summed E-state index contributed by atoms with van der Waals surface area (Å²) in [7, 11) is 1.58. The van der Waals surface area contributed by atoms with Crippen LogP contribution in [0.5, 0.6) is 5.75 Å². The van der Waals surface area contributed by atoms with Gasteiger partial charge in [-0.1, -0.05) is 0 Å². The maximum Gasteiger partial charge on any atom is 0.205 e. The zero-order valence-electron chi connectivity index (χ0n) is 13.7. The van der Waals surface area contributed by atoms with Crippen molar-refractivity contribution < 1.29 is 14.3 Å². The summed E-state index contributed by atoms with van der Waals surface area (Å²) in [5.41, 5.74) is 8.62. The number of nitrogen functional groups attached to an aromatic ring is 1. The van der Waals surface area contributed by atoms with Crippen LogP contribution < -0.4 is 10.5 Å². The lowest BCUT2D eigenvalue weighted by molar-refractivity contribution is 0.0971. The Morgan fingerprint density at radius 3 is 2.72 bits per heavy atom. The average molecular weight is 352 g/mol. The molecule has 0 aliphatic heterocycles. The van der Waals surface area contributed by atoms with Crippen molar-refractivity contribution in [2.45, 2.75) is 19.3 Å². The van der Waals surface area contributed by atoms with Gasteiger partial charge in [0.25, 0.3) is 0 Å². The van der Waals surface area contributed by atoms with Gasteiger partial charge in [0.2, 0.25) is 5.78 Å². The molecule has 126 valence electrons. The van der Waals surface area contributed by atoms with Gasteiger partial charge in [-0.25, -0.2) is 4.98 Å². The van der Waals surface area contributed by atoms with Crippen molar-refractivity contribution in [3.63, 3.8) is 0 Å². The maximum atomic E-state index is 12.8. The number of anilines is 1. The normalized spacial score (nSPS) is 13.7. The third-order valence-corrected chi connectivity index (χ3v) is 5.59. The first-order valence-electron chi connectivity index (χ1n) is 8.02. The highest BCUT2D eigenvalue weighted by Crippen LogP contribution is 2.36. The fraction of sp³-hybridized carbons (Fsp3) is 0.211. The van der Waals surface area contributed by atoms with E-state index < -0.39 is 0 Å². The molecular weight excluding hydrogens is 336 g/mol. The van der Waals surface area contributed by atoms with E-state index in [0.717, 1.165) is 18.5 Å². The molecule has 1 aliphatic carbocycles. The number of aryl methyl sites for hydroxylation is 1. The van der Waals surface area contributed by atoms with Crippen molar-refractivity contribution in [2.24, 2.45) is 0 Å². The molecular formula is C19H16N2O3S. The topological polar surface area (TPSA) is 82.3 Å². The summed E-state index contributed by atoms with van der Waals surface area (Å²) in [4.78, 5) is 30.7. The van der Waals surface area contributed by atoms with E-state index in [4.69, 9.17) is 10.5 Å². The van der Waals surface area contributed by atoms with E-state index in [-0.39, 0.29) is 11.6 Å². The quantitative estimate of drug-likeness (QED) is 0.728. The molecule has 2 heterocycles. The van der Waals surface area contributed by atoms with Crippen molar-refractivity contribution in [3.05, 3.63) is 52.0 Å². The van der Waals surface area contributed by atoms with Crippen molar-refractivity contribution in [3.8, 4) is 5.75 Å². The number of rotatable bonds is 3. The van der Waals surface area contributed by atoms with Gasteiger partial charge < -0.3 is 10.5 Å². The van der Waals surface area contributed by atoms with Gasteiger partial charge in [-0.15, -0.1) is 11.3 Å². The fourth-order valence-electron chi connectivity index (χ4n) is 3.10. The number of nitrogens with two attached hydrogens (primary N) is 1. The Labute approximate surface area is 148 Å². The number of carbonyl (C=O) groups excluding carboxylic acids is 2. The number of Topliss-reactive ketones (excluding diaryl/α,β-unsaturated/α-hetero) is 1. The highest BCUT2D eigenvalue weighted by atomic mass is 32.1. The number of hydrogen-bond acceptors (Lipinski definition) is 6. The first-order valence-corrected chi connectivity index (χ1v) is 8.84. The lowest BCUT2D eigenvalue weighted by Crippen LogP contribution is -2.12. The van der Waals surface area contributed by atoms with Gasteiger partial charge in [0.15, 0.2) is 5.78 Å². The molecule has 0 radical (unpaired) electrons. The second-order valence-corrected chi connectivity index (χ2v) is 7.01. The van der Waals surface area contributed by atoms with Crippen LogP contribution in [0.4, 0.5) is 5.69 Å². The number of thiophene rings is 1. The number of pyridine rings is 1. The Kier molecular flexibility index (Phi) is 3.77. The van der Waals surface area contributed by atoms with E-state index in [2.05, 4.69) is 4.98 Å². The minimum atomic E-state index is -0.146. The number of carbonyl (C=O) groups is 2. The lowest BCUT2D eigenvalue weighted by atomic mass is 9.94. The Morgan fingerprint density at radius 2 is 2.00 bits per heavy atom. The fourth-order valence-corrected chi connectivity index (χ4v) is 4.16. The van der Waals surface area contributed by atoms with E-state index >= 15 is 0 Å². The minimum Gasteiger partial charge on any atom is -0.497 e. The lowest BCUT2D eigenvalue weighted by Gasteiger charge is -2.13. The van der Waals surface area contributed by atoms with E-state index in [0.29, 0.717) is 44.1 Å². The highest BCUT2D eigenvalue weighted by Gasteiger charge is 2.24. The Bertz CT molecular complexity index is 1010. The molecule has 0 fully saturated rings. The summed E-state index contributed by atoms with van der Waals surface area (Å²) in [5.74, 6) is 0.644. The molecule has 0 bridgehead atoms. The van der Waals surface area contributed by atoms with Crippen LogP contribution in [0.25, 0.3) is 10.2 Å². The molecule has 0 atom stereocenters. The zero-order chi connectivity index (χ0) is 17.6. The van der Waals surface area contributed by atoms with Gasteiger partial charge in [-0.2, -0.15) is 0 Å². The number of methoxy groups -OCH3 is 1. The van der Waals surface area contributed by atoms with Crippen molar-refractivity contribution in [2.75, 3.05) is 12.8 Å². The van der Waals surface area contributed by atoms with E-state index in [1.807, 2.05) is 0 Å². The monoisotopic (exact) mass is 352 g/mol. The number of aromatic nitrogens is 1. The third-order valence-electron chi connectivity index (χ3n) is 4.48. The summed E-state index contributed by atoms with van der Waals surface area (Å²) >= 11 is 1.28. The predicted molar refractivity (Wildman–Crippen MR) is 97.7 cm³/mol. The van der Waals surface area contributed by atoms with Crippen LogP contribution in [0.1, 0.15) is 44.1 Å². The molecule has 3 aromatic rings. The van der Waals surface area contributed by atoms with Crippen molar-refractivity contribution in [1.82, 2.24) is 4.98 Å². The van der Waals surface area contributed by atoms with Gasteiger partial charge in [0.05, 0.1) is 18.5 Å². The van der Waals surface area contributed by atoms with Gasteiger partial charge in [0.1, 0.15) is 15.5 Å². The summed E-state index contributed by atoms with van der Waals surface area (Å²) in [6.07, 6.45) is 2.15. The molecule has 25 heavy (non-hydrogen) atoms. The largest absolute Gasteiger partial charge is 0.497 e. The van der Waals surface area contributed by atoms with E-state index in [1.54, 1.807) is 37.4 Å². The number of nitrogens with zero attached hydrogens (tertiary/aromatic N) is 1. The second kappa shape index (κ2) is 5.97. The molecule has 2 aromatic heterocycles. The smallest absolute Gasteiger partial charge is 0.205 e. The van der Waals surface area contributed by atoms with Gasteiger partial charge in [0, 0.05) is 22.9 Å². The Morgan fingerprint density at radius 1 is 1.24 bits per heavy atom. The Hall–Kier alpha value is -2.73. The number of hydrogen-bond donors (Lipinski definition) is 1. The van der Waals surface area contributed by atoms with Crippen LogP contribution in [0.3, 0.4) is 0 Å². The van der Waals surface area contributed by atoms with Crippen molar-refractivity contribution >= 4 is 38.8 Å². The van der Waals surface area contributed by atoms with E-state index in [9.17, 15) is 9.59 Å². The molecule has 6 heteroatoms. The molecule has 0 unspecified atom stereocenters. The molecule has 5 nitrogen and oxygen atoms in total. The molecule has 2 N–H and O–H groups in total. The number of benzene rings is 1. The molecule has 4 rings (SSSR count). The number of ether oxygens (including phenoxy) is 1. The SMILES string of the molecule is COc1ccc(C(=O)c2sc3nc4c(cc3c2N)C(=O)CCC4)cc1. The van der Waals surface area contributed by atoms with Crippen LogP contribution in [-0.2, 0) is 6.42 Å². The summed E-state index contributed by atoms with van der Waals surface area (Å²) in [5, 5.41) is 0.691. The van der Waals surface area contributed by atoms with Crippen LogP contribution in [0.2, 0.25) is 0 Å². The first kappa shape index (κ1) is 15.8. The summed E-state index contributed by atoms with van der Waals surface area (Å²) in [6, 6.07) is 8.72. The van der Waals surface area contributed by atoms with Gasteiger partial charge >= 0.3 is 0 Å². The molecule has 0 saturated heterocycles. The molecule has 1 aromatic carbocycles. The summed E-state index contributed by atoms with van der Waals surface area (Å²) in [6.45, 7) is 0. The third kappa shape index (κ3) is 2.59. The van der Waals surface area contributed by atoms with Gasteiger partial charge in [-0.3, -0.25) is 9.59 Å². The van der Waals surface area contributed by atoms with E-state index in [1.165, 1.54) is 11.3 Å². The number of ketones is 2. The molecule has 1 aliphatic rings. The average Bonchev–Trinajstić information content (AvgIpc) is 2.96. The summed E-state index contributed by atoms with van der Waals surface area (Å²) < 4.78 is 5.12. The van der Waals surface area contributed by atoms with Crippen LogP contribution in [-0.4, -0.2) is 23.7 Å². The Balaban J connectivity index is 1.80. The second-order valence-electron chi connectivity index (χ2n) is 6.01. The first-order chi connectivity index (χ1) is 12.1. The molecule has 0 saturated carbocycles. The maximum absolute atomic E-state index is 12.8. The van der Waals surface area contributed by atoms with Gasteiger partial charge in [-0.05, 0) is 43.2 Å². The predicted octanol–water partition coefficient (Wildman–Crippen LogP) is 3.64. The highest BCUT2D eigenvalue weighted by molar-refractivity contribution is 7.21. The standard InChI is InChI=1S/C19H16N2O3S/c1-24-11-7-5-10(6-8-11)17(23)18-16(20)13-9-12-14(21-19(13)25-18)3-2-4-15(12)22/h5-9H,2-4,20H2,1H3. The number of fused-ring (bicyclic) bond motifs is 2. The minimum absolute atomic E-state index is 0.101. The van der Waals surface area contributed by atoms with Crippen molar-refractivity contribution in [1.29, 1.82) is 0 Å².